The maximum Gasteiger partial charge on any atom is 0.340 e. The topological polar surface area (TPSA) is 74.3 Å². The number of rotatable bonds is 10. The lowest BCUT2D eigenvalue weighted by atomic mass is 10.0. The first-order valence-electron chi connectivity index (χ1n) is 12.5. The maximum atomic E-state index is 13.7. The molecule has 3 aromatic carbocycles. The molecule has 0 aromatic heterocycles. The van der Waals surface area contributed by atoms with E-state index in [1.165, 1.54) is 4.90 Å². The van der Waals surface area contributed by atoms with Crippen LogP contribution in [0.4, 0.5) is 5.69 Å². The molecule has 0 saturated carbocycles. The molecule has 0 atom stereocenters. The summed E-state index contributed by atoms with van der Waals surface area (Å²) in [5.74, 6) is 0.922. The van der Waals surface area contributed by atoms with Gasteiger partial charge in [0, 0.05) is 11.4 Å². The van der Waals surface area contributed by atoms with Gasteiger partial charge in [0.1, 0.15) is 12.4 Å². The molecule has 7 heteroatoms. The quantitative estimate of drug-likeness (QED) is 0.247. The molecule has 0 N–H and O–H groups in total. The van der Waals surface area contributed by atoms with Crippen LogP contribution in [0.2, 0.25) is 0 Å². The van der Waals surface area contributed by atoms with Gasteiger partial charge in [-0.25, -0.2) is 4.79 Å². The highest BCUT2D eigenvalue weighted by molar-refractivity contribution is 6.23. The first-order valence-corrected chi connectivity index (χ1v) is 12.5. The highest BCUT2D eigenvalue weighted by Crippen LogP contribution is 2.37. The number of carbonyl (C=O) groups excluding carboxylic acids is 2. The Morgan fingerprint density at radius 1 is 0.895 bits per heavy atom. The predicted octanol–water partition coefficient (Wildman–Crippen LogP) is 5.94. The Bertz CT molecular complexity index is 1360. The minimum absolute atomic E-state index is 0.196. The number of hydrogen-bond donors (Lipinski definition) is 0. The molecule has 0 aliphatic carbocycles. The Labute approximate surface area is 222 Å². The summed E-state index contributed by atoms with van der Waals surface area (Å²) in [6.07, 6.45) is 1.68. The van der Waals surface area contributed by atoms with Crippen molar-refractivity contribution in [2.24, 2.45) is 0 Å². The van der Waals surface area contributed by atoms with E-state index in [2.05, 4.69) is 0 Å². The molecule has 1 aliphatic heterocycles. The molecule has 196 valence electrons. The number of allylic oxidation sites excluding steroid dienone is 1. The molecule has 1 aliphatic rings. The van der Waals surface area contributed by atoms with Crippen molar-refractivity contribution in [2.45, 2.75) is 27.4 Å². The number of ether oxygens (including phenoxy) is 4. The molecule has 1 heterocycles. The number of anilines is 1. The molecule has 38 heavy (non-hydrogen) atoms. The fourth-order valence-corrected chi connectivity index (χ4v) is 4.25. The molecule has 0 saturated heterocycles. The van der Waals surface area contributed by atoms with Crippen LogP contribution in [-0.2, 0) is 20.9 Å². The zero-order valence-electron chi connectivity index (χ0n) is 22.0. The normalized spacial score (nSPS) is 14.2. The summed E-state index contributed by atoms with van der Waals surface area (Å²) in [4.78, 5) is 28.1. The van der Waals surface area contributed by atoms with Crippen molar-refractivity contribution in [2.75, 3.05) is 25.2 Å². The number of hydrogen-bond acceptors (Lipinski definition) is 6. The van der Waals surface area contributed by atoms with Crippen molar-refractivity contribution in [3.8, 4) is 17.2 Å². The third-order valence-corrected chi connectivity index (χ3v) is 6.02. The average Bonchev–Trinajstić information content (AvgIpc) is 3.18. The van der Waals surface area contributed by atoms with Crippen LogP contribution in [0.25, 0.3) is 6.08 Å². The van der Waals surface area contributed by atoms with Crippen molar-refractivity contribution in [3.05, 3.63) is 101 Å². The Balaban J connectivity index is 1.67. The second-order valence-corrected chi connectivity index (χ2v) is 8.49. The lowest BCUT2D eigenvalue weighted by molar-refractivity contribution is -0.138. The smallest absolute Gasteiger partial charge is 0.340 e. The summed E-state index contributed by atoms with van der Waals surface area (Å²) in [6.45, 7) is 6.51. The summed E-state index contributed by atoms with van der Waals surface area (Å²) >= 11 is 0. The van der Waals surface area contributed by atoms with Crippen LogP contribution in [-0.4, -0.2) is 32.2 Å². The number of amides is 1. The van der Waals surface area contributed by atoms with Gasteiger partial charge in [-0.2, -0.15) is 0 Å². The van der Waals surface area contributed by atoms with Crippen molar-refractivity contribution < 1.29 is 28.5 Å². The fraction of sp³-hybridized carbons (Fsp3) is 0.226. The lowest BCUT2D eigenvalue weighted by Crippen LogP contribution is -2.24. The van der Waals surface area contributed by atoms with E-state index in [0.29, 0.717) is 47.4 Å². The second-order valence-electron chi connectivity index (χ2n) is 8.49. The Hall–Kier alpha value is -4.52. The first kappa shape index (κ1) is 26.5. The van der Waals surface area contributed by atoms with E-state index < -0.39 is 5.97 Å². The number of esters is 1. The van der Waals surface area contributed by atoms with Gasteiger partial charge in [0.25, 0.3) is 5.91 Å². The summed E-state index contributed by atoms with van der Waals surface area (Å²) in [7, 11) is 1.56. The van der Waals surface area contributed by atoms with Gasteiger partial charge in [-0.15, -0.1) is 0 Å². The van der Waals surface area contributed by atoms with Crippen molar-refractivity contribution >= 4 is 23.6 Å². The third-order valence-electron chi connectivity index (χ3n) is 6.02. The van der Waals surface area contributed by atoms with E-state index in [1.807, 2.05) is 43.3 Å². The molecule has 7 nitrogen and oxygen atoms in total. The predicted molar refractivity (Wildman–Crippen MR) is 146 cm³/mol. The average molecular weight is 514 g/mol. The minimum atomic E-state index is -0.548. The van der Waals surface area contributed by atoms with Crippen molar-refractivity contribution in [3.63, 3.8) is 0 Å². The van der Waals surface area contributed by atoms with E-state index in [4.69, 9.17) is 18.9 Å². The Morgan fingerprint density at radius 2 is 1.63 bits per heavy atom. The zero-order chi connectivity index (χ0) is 27.1. The fourth-order valence-electron chi connectivity index (χ4n) is 4.25. The summed E-state index contributed by atoms with van der Waals surface area (Å²) < 4.78 is 22.3. The SMILES string of the molecule is CCOC(=O)C1=C(C)N(c2ccc(OCC)cc2)C(=O)/C1=C\c1ccc(OCc2ccccc2)c(OC)c1. The Morgan fingerprint density at radius 3 is 2.29 bits per heavy atom. The van der Waals surface area contributed by atoms with Gasteiger partial charge in [-0.1, -0.05) is 36.4 Å². The number of benzene rings is 3. The molecule has 0 spiro atoms. The number of nitrogens with zero attached hydrogens (tertiary/aromatic N) is 1. The van der Waals surface area contributed by atoms with E-state index >= 15 is 0 Å². The van der Waals surface area contributed by atoms with Gasteiger partial charge in [0.2, 0.25) is 0 Å². The summed E-state index contributed by atoms with van der Waals surface area (Å²) in [5, 5.41) is 0. The van der Waals surface area contributed by atoms with Gasteiger partial charge < -0.3 is 18.9 Å². The highest BCUT2D eigenvalue weighted by atomic mass is 16.5. The maximum absolute atomic E-state index is 13.7. The summed E-state index contributed by atoms with van der Waals surface area (Å²) in [6, 6.07) is 22.4. The van der Waals surface area contributed by atoms with E-state index in [0.717, 1.165) is 5.56 Å². The lowest BCUT2D eigenvalue weighted by Gasteiger charge is -2.18. The summed E-state index contributed by atoms with van der Waals surface area (Å²) in [5.41, 5.74) is 3.32. The highest BCUT2D eigenvalue weighted by Gasteiger charge is 2.38. The van der Waals surface area contributed by atoms with Crippen LogP contribution in [0.3, 0.4) is 0 Å². The van der Waals surface area contributed by atoms with E-state index in [9.17, 15) is 9.59 Å². The third kappa shape index (κ3) is 5.72. The molecule has 0 fully saturated rings. The van der Waals surface area contributed by atoms with Crippen molar-refractivity contribution in [1.82, 2.24) is 0 Å². The second kappa shape index (κ2) is 12.1. The van der Waals surface area contributed by atoms with Crippen LogP contribution >= 0.6 is 0 Å². The van der Waals surface area contributed by atoms with Gasteiger partial charge >= 0.3 is 5.97 Å². The van der Waals surface area contributed by atoms with Gasteiger partial charge in [-0.05, 0) is 74.4 Å². The van der Waals surface area contributed by atoms with Gasteiger partial charge in [0.05, 0.1) is 31.5 Å². The van der Waals surface area contributed by atoms with Crippen LogP contribution in [0.1, 0.15) is 31.9 Å². The zero-order valence-corrected chi connectivity index (χ0v) is 22.0. The first-order chi connectivity index (χ1) is 18.5. The van der Waals surface area contributed by atoms with Gasteiger partial charge in [0.15, 0.2) is 11.5 Å². The van der Waals surface area contributed by atoms with Crippen molar-refractivity contribution in [1.29, 1.82) is 0 Å². The van der Waals surface area contributed by atoms with Crippen LogP contribution in [0.15, 0.2) is 89.6 Å². The molecule has 1 amide bonds. The number of methoxy groups -OCH3 is 1. The minimum Gasteiger partial charge on any atom is -0.494 e. The van der Waals surface area contributed by atoms with Gasteiger partial charge in [-0.3, -0.25) is 9.69 Å². The van der Waals surface area contributed by atoms with E-state index in [-0.39, 0.29) is 23.7 Å². The Kier molecular flexibility index (Phi) is 8.48. The number of carbonyl (C=O) groups is 2. The monoisotopic (exact) mass is 513 g/mol. The molecule has 3 aromatic rings. The van der Waals surface area contributed by atoms with Crippen LogP contribution in [0, 0.1) is 0 Å². The molecule has 0 unspecified atom stereocenters. The molecular formula is C31H31NO6. The molecular weight excluding hydrogens is 482 g/mol. The molecule has 0 radical (unpaired) electrons. The van der Waals surface area contributed by atoms with Crippen LogP contribution < -0.4 is 19.1 Å². The molecule has 0 bridgehead atoms. The van der Waals surface area contributed by atoms with E-state index in [1.54, 1.807) is 63.4 Å². The molecule has 4 rings (SSSR count). The largest absolute Gasteiger partial charge is 0.494 e. The van der Waals surface area contributed by atoms with Crippen LogP contribution in [0.5, 0.6) is 17.2 Å². The standard InChI is InChI=1S/C31H31NO6/c1-5-36-25-15-13-24(14-16-25)32-21(3)29(31(34)37-6-2)26(30(32)33)18-23-12-17-27(28(19-23)35-4)38-20-22-10-8-7-9-11-22/h7-19H,5-6,20H2,1-4H3/b26-18-.